The lowest BCUT2D eigenvalue weighted by Gasteiger charge is -2.45. The smallest absolute Gasteiger partial charge is 0.387 e. The molecule has 0 unspecified atom stereocenters. The molecule has 2 fully saturated rings. The summed E-state index contributed by atoms with van der Waals surface area (Å²) in [5.41, 5.74) is -0.438. The lowest BCUT2D eigenvalue weighted by Crippen LogP contribution is -2.56. The SMILES string of the molecule is CN1C(=O)C[C@@H](C(=O)O)C12CCN(C(=O)c1ccc(OC(F)F)cc1)CC2. The molecule has 3 rings (SSSR count). The Morgan fingerprint density at radius 3 is 2.33 bits per heavy atom. The fourth-order valence-corrected chi connectivity index (χ4v) is 4.04. The molecule has 2 heterocycles. The largest absolute Gasteiger partial charge is 0.481 e. The molecule has 1 N–H and O–H groups in total. The number of nitrogens with zero attached hydrogens (tertiary/aromatic N) is 2. The third-order valence-corrected chi connectivity index (χ3v) is 5.61. The van der Waals surface area contributed by atoms with E-state index in [1.807, 2.05) is 0 Å². The number of rotatable bonds is 4. The third kappa shape index (κ3) is 3.45. The maximum atomic E-state index is 12.6. The Labute approximate surface area is 154 Å². The van der Waals surface area contributed by atoms with Gasteiger partial charge in [-0.3, -0.25) is 14.4 Å². The number of hydrogen-bond acceptors (Lipinski definition) is 4. The van der Waals surface area contributed by atoms with Gasteiger partial charge in [0.1, 0.15) is 5.75 Å². The predicted octanol–water partition coefficient (Wildman–Crippen LogP) is 1.83. The van der Waals surface area contributed by atoms with Gasteiger partial charge in [0.05, 0.1) is 11.5 Å². The molecule has 9 heteroatoms. The highest BCUT2D eigenvalue weighted by molar-refractivity contribution is 5.94. The molecule has 1 aromatic rings. The van der Waals surface area contributed by atoms with E-state index in [1.165, 1.54) is 29.2 Å². The van der Waals surface area contributed by atoms with Gasteiger partial charge in [-0.25, -0.2) is 0 Å². The standard InChI is InChI=1S/C18H20F2N2O5/c1-21-14(23)10-13(16(25)26)18(21)6-8-22(9-7-18)15(24)11-2-4-12(5-3-11)27-17(19)20/h2-5,13,17H,6-10H2,1H3,(H,25,26)/t13-/m0/s1. The van der Waals surface area contributed by atoms with Crippen molar-refractivity contribution in [3.8, 4) is 5.75 Å². The highest BCUT2D eigenvalue weighted by Crippen LogP contribution is 2.43. The van der Waals surface area contributed by atoms with Gasteiger partial charge in [0, 0.05) is 32.1 Å². The van der Waals surface area contributed by atoms with Crippen LogP contribution in [0.1, 0.15) is 29.6 Å². The molecule has 2 aliphatic rings. The number of ether oxygens (including phenoxy) is 1. The van der Waals surface area contributed by atoms with Gasteiger partial charge in [0.15, 0.2) is 0 Å². The Balaban J connectivity index is 1.69. The molecule has 2 amide bonds. The first-order chi connectivity index (χ1) is 12.7. The van der Waals surface area contributed by atoms with Crippen LogP contribution in [0, 0.1) is 5.92 Å². The summed E-state index contributed by atoms with van der Waals surface area (Å²) in [6.07, 6.45) is 0.737. The number of carbonyl (C=O) groups excluding carboxylic acids is 2. The predicted molar refractivity (Wildman–Crippen MR) is 89.5 cm³/mol. The molecule has 2 saturated heterocycles. The van der Waals surface area contributed by atoms with Gasteiger partial charge in [0.2, 0.25) is 5.91 Å². The highest BCUT2D eigenvalue weighted by atomic mass is 19.3. The van der Waals surface area contributed by atoms with Crippen molar-refractivity contribution in [2.24, 2.45) is 5.92 Å². The molecule has 7 nitrogen and oxygen atoms in total. The summed E-state index contributed by atoms with van der Waals surface area (Å²) in [5, 5.41) is 9.48. The number of carbonyl (C=O) groups is 3. The fourth-order valence-electron chi connectivity index (χ4n) is 4.04. The van der Waals surface area contributed by atoms with Crippen molar-refractivity contribution in [1.29, 1.82) is 0 Å². The number of carboxylic acid groups (broad SMARTS) is 1. The lowest BCUT2D eigenvalue weighted by molar-refractivity contribution is -0.145. The molecule has 1 spiro atoms. The van der Waals surface area contributed by atoms with Crippen molar-refractivity contribution in [1.82, 2.24) is 9.80 Å². The number of carboxylic acids is 1. The molecule has 1 atom stereocenters. The van der Waals surface area contributed by atoms with Crippen LogP contribution in [-0.2, 0) is 9.59 Å². The van der Waals surface area contributed by atoms with Crippen LogP contribution >= 0.6 is 0 Å². The van der Waals surface area contributed by atoms with Crippen molar-refractivity contribution in [3.05, 3.63) is 29.8 Å². The molecular weight excluding hydrogens is 362 g/mol. The van der Waals surface area contributed by atoms with Crippen LogP contribution in [0.25, 0.3) is 0 Å². The summed E-state index contributed by atoms with van der Waals surface area (Å²) < 4.78 is 28.7. The highest BCUT2D eigenvalue weighted by Gasteiger charge is 2.55. The number of aliphatic carboxylic acids is 1. The molecule has 0 saturated carbocycles. The van der Waals surface area contributed by atoms with Gasteiger partial charge in [-0.1, -0.05) is 0 Å². The van der Waals surface area contributed by atoms with Crippen LogP contribution in [0.4, 0.5) is 8.78 Å². The number of benzene rings is 1. The number of hydrogen-bond donors (Lipinski definition) is 1. The second-order valence-corrected chi connectivity index (χ2v) is 6.85. The Morgan fingerprint density at radius 2 is 1.81 bits per heavy atom. The monoisotopic (exact) mass is 382 g/mol. The van der Waals surface area contributed by atoms with Crippen LogP contribution in [0.2, 0.25) is 0 Å². The minimum Gasteiger partial charge on any atom is -0.481 e. The van der Waals surface area contributed by atoms with E-state index >= 15 is 0 Å². The third-order valence-electron chi connectivity index (χ3n) is 5.61. The first-order valence-electron chi connectivity index (χ1n) is 8.58. The Bertz CT molecular complexity index is 745. The molecule has 2 aliphatic heterocycles. The van der Waals surface area contributed by atoms with E-state index < -0.39 is 24.0 Å². The van der Waals surface area contributed by atoms with Gasteiger partial charge in [0.25, 0.3) is 5.91 Å². The van der Waals surface area contributed by atoms with Gasteiger partial charge < -0.3 is 19.6 Å². The van der Waals surface area contributed by atoms with E-state index in [-0.39, 0.29) is 24.0 Å². The quantitative estimate of drug-likeness (QED) is 0.859. The summed E-state index contributed by atoms with van der Waals surface area (Å²) in [6, 6.07) is 5.43. The molecule has 1 aromatic carbocycles. The van der Waals surface area contributed by atoms with E-state index in [2.05, 4.69) is 4.74 Å². The summed E-state index contributed by atoms with van der Waals surface area (Å²) in [7, 11) is 1.62. The lowest BCUT2D eigenvalue weighted by atomic mass is 9.77. The van der Waals surface area contributed by atoms with Crippen molar-refractivity contribution >= 4 is 17.8 Å². The van der Waals surface area contributed by atoms with Crippen LogP contribution in [-0.4, -0.2) is 65.0 Å². The minimum absolute atomic E-state index is 0.0224. The van der Waals surface area contributed by atoms with E-state index in [4.69, 9.17) is 0 Å². The van der Waals surface area contributed by atoms with E-state index in [1.54, 1.807) is 11.9 Å². The van der Waals surface area contributed by atoms with Gasteiger partial charge in [-0.15, -0.1) is 0 Å². The molecular formula is C18H20F2N2O5. The van der Waals surface area contributed by atoms with Gasteiger partial charge in [-0.05, 0) is 37.1 Å². The zero-order valence-electron chi connectivity index (χ0n) is 14.7. The molecule has 0 aliphatic carbocycles. The zero-order valence-corrected chi connectivity index (χ0v) is 14.7. The van der Waals surface area contributed by atoms with Crippen molar-refractivity contribution in [2.75, 3.05) is 20.1 Å². The average Bonchev–Trinajstić information content (AvgIpc) is 2.87. The number of halogens is 2. The fraction of sp³-hybridized carbons (Fsp3) is 0.500. The van der Waals surface area contributed by atoms with Crippen LogP contribution in [0.15, 0.2) is 24.3 Å². The number of amides is 2. The minimum atomic E-state index is -2.93. The normalized spacial score (nSPS) is 21.8. The molecule has 0 radical (unpaired) electrons. The van der Waals surface area contributed by atoms with E-state index in [9.17, 15) is 28.3 Å². The summed E-state index contributed by atoms with van der Waals surface area (Å²) in [6.45, 7) is -2.30. The van der Waals surface area contributed by atoms with Crippen LogP contribution in [0.5, 0.6) is 5.75 Å². The second kappa shape index (κ2) is 7.13. The number of likely N-dealkylation sites (tertiary alicyclic amines) is 2. The van der Waals surface area contributed by atoms with Crippen LogP contribution in [0.3, 0.4) is 0 Å². The van der Waals surface area contributed by atoms with Crippen molar-refractivity contribution < 1.29 is 33.0 Å². The summed E-state index contributed by atoms with van der Waals surface area (Å²) in [4.78, 5) is 39.4. The van der Waals surface area contributed by atoms with Crippen molar-refractivity contribution in [2.45, 2.75) is 31.4 Å². The van der Waals surface area contributed by atoms with E-state index in [0.717, 1.165) is 0 Å². The Kier molecular flexibility index (Phi) is 5.03. The Hall–Kier alpha value is -2.71. The number of alkyl halides is 2. The zero-order chi connectivity index (χ0) is 19.8. The number of piperidine rings is 1. The Morgan fingerprint density at radius 1 is 1.22 bits per heavy atom. The molecule has 0 bridgehead atoms. The van der Waals surface area contributed by atoms with Crippen LogP contribution < -0.4 is 4.74 Å². The summed E-state index contributed by atoms with van der Waals surface area (Å²) in [5.74, 6) is -2.28. The molecule has 27 heavy (non-hydrogen) atoms. The molecule has 0 aromatic heterocycles. The van der Waals surface area contributed by atoms with E-state index in [0.29, 0.717) is 31.5 Å². The maximum absolute atomic E-state index is 12.6. The van der Waals surface area contributed by atoms with Crippen molar-refractivity contribution in [3.63, 3.8) is 0 Å². The average molecular weight is 382 g/mol. The maximum Gasteiger partial charge on any atom is 0.387 e. The first kappa shape index (κ1) is 19.1. The summed E-state index contributed by atoms with van der Waals surface area (Å²) >= 11 is 0. The van der Waals surface area contributed by atoms with Gasteiger partial charge >= 0.3 is 12.6 Å². The second-order valence-electron chi connectivity index (χ2n) is 6.85. The first-order valence-corrected chi connectivity index (χ1v) is 8.58. The molecule has 146 valence electrons. The van der Waals surface area contributed by atoms with Gasteiger partial charge in [-0.2, -0.15) is 8.78 Å². The topological polar surface area (TPSA) is 87.2 Å².